The number of hydrogen-bond donors (Lipinski definition) is 1. The Morgan fingerprint density at radius 3 is 1.93 bits per heavy atom. The maximum Gasteiger partial charge on any atom is 0.262 e. The summed E-state index contributed by atoms with van der Waals surface area (Å²) in [5.74, 6) is 2.52. The van der Waals surface area contributed by atoms with Gasteiger partial charge in [0, 0.05) is 10.2 Å². The Morgan fingerprint density at radius 2 is 1.33 bits per heavy atom. The van der Waals surface area contributed by atoms with Crippen molar-refractivity contribution in [3.8, 4) is 23.0 Å². The van der Waals surface area contributed by atoms with Crippen LogP contribution in [0.15, 0.2) is 77.3 Å². The number of carbonyl (C=O) groups is 1. The molecule has 0 bridgehead atoms. The van der Waals surface area contributed by atoms with Gasteiger partial charge in [0.15, 0.2) is 6.61 Å². The highest BCUT2D eigenvalue weighted by Gasteiger charge is 2.05. The van der Waals surface area contributed by atoms with Gasteiger partial charge in [0.1, 0.15) is 23.0 Å². The lowest BCUT2D eigenvalue weighted by Gasteiger charge is -2.09. The van der Waals surface area contributed by atoms with Gasteiger partial charge in [0.2, 0.25) is 0 Å². The molecule has 3 aromatic carbocycles. The Labute approximate surface area is 166 Å². The Hall–Kier alpha value is -2.99. The average molecular weight is 428 g/mol. The van der Waals surface area contributed by atoms with Gasteiger partial charge in [-0.1, -0.05) is 15.9 Å². The number of hydrogen-bond acceptors (Lipinski definition) is 4. The first-order chi connectivity index (χ1) is 13.1. The highest BCUT2D eigenvalue weighted by molar-refractivity contribution is 9.10. The maximum absolute atomic E-state index is 12.0. The van der Waals surface area contributed by atoms with Crippen LogP contribution in [-0.2, 0) is 4.79 Å². The van der Waals surface area contributed by atoms with Crippen molar-refractivity contribution in [1.29, 1.82) is 0 Å². The predicted octanol–water partition coefficient (Wildman–Crippen LogP) is 5.27. The van der Waals surface area contributed by atoms with E-state index in [1.165, 1.54) is 0 Å². The van der Waals surface area contributed by atoms with Crippen molar-refractivity contribution < 1.29 is 19.0 Å². The van der Waals surface area contributed by atoms with Gasteiger partial charge in [0.05, 0.1) is 7.11 Å². The lowest BCUT2D eigenvalue weighted by atomic mass is 10.3. The normalized spacial score (nSPS) is 10.1. The molecule has 0 fully saturated rings. The van der Waals surface area contributed by atoms with Crippen molar-refractivity contribution in [3.05, 3.63) is 77.3 Å². The van der Waals surface area contributed by atoms with Crippen LogP contribution in [0.1, 0.15) is 0 Å². The van der Waals surface area contributed by atoms with Crippen molar-refractivity contribution in [2.45, 2.75) is 0 Å². The molecule has 0 aliphatic carbocycles. The molecule has 0 radical (unpaired) electrons. The predicted molar refractivity (Wildman–Crippen MR) is 108 cm³/mol. The average Bonchev–Trinajstić information content (AvgIpc) is 2.70. The molecule has 0 aromatic heterocycles. The first-order valence-electron chi connectivity index (χ1n) is 8.22. The van der Waals surface area contributed by atoms with Crippen LogP contribution < -0.4 is 19.5 Å². The fourth-order valence-electron chi connectivity index (χ4n) is 2.26. The molecule has 1 N–H and O–H groups in total. The van der Waals surface area contributed by atoms with E-state index in [2.05, 4.69) is 21.2 Å². The number of methoxy groups -OCH3 is 1. The van der Waals surface area contributed by atoms with Gasteiger partial charge in [-0.25, -0.2) is 0 Å². The third kappa shape index (κ3) is 5.76. The summed E-state index contributed by atoms with van der Waals surface area (Å²) < 4.78 is 17.3. The number of anilines is 1. The van der Waals surface area contributed by atoms with E-state index in [1.807, 2.05) is 24.3 Å². The molecule has 5 nitrogen and oxygen atoms in total. The van der Waals surface area contributed by atoms with Crippen molar-refractivity contribution in [3.63, 3.8) is 0 Å². The molecule has 27 heavy (non-hydrogen) atoms. The SMILES string of the molecule is COc1ccc(OCC(=O)Nc2ccc(Oc3ccc(Br)cc3)cc2)cc1. The summed E-state index contributed by atoms with van der Waals surface area (Å²) in [7, 11) is 1.60. The zero-order valence-electron chi connectivity index (χ0n) is 14.6. The standard InChI is InChI=1S/C21H18BrNO4/c1-25-17-10-12-18(13-11-17)26-14-21(24)23-16-4-8-20(9-5-16)27-19-6-2-15(22)3-7-19/h2-13H,14H2,1H3,(H,23,24). The smallest absolute Gasteiger partial charge is 0.262 e. The van der Waals surface area contributed by atoms with Gasteiger partial charge in [-0.2, -0.15) is 0 Å². The molecule has 3 aromatic rings. The molecule has 0 spiro atoms. The molecule has 138 valence electrons. The summed E-state index contributed by atoms with van der Waals surface area (Å²) in [4.78, 5) is 12.0. The number of benzene rings is 3. The van der Waals surface area contributed by atoms with Crippen molar-refractivity contribution in [1.82, 2.24) is 0 Å². The van der Waals surface area contributed by atoms with Gasteiger partial charge in [-0.15, -0.1) is 0 Å². The van der Waals surface area contributed by atoms with Crippen molar-refractivity contribution in [2.75, 3.05) is 19.0 Å². The zero-order valence-corrected chi connectivity index (χ0v) is 16.2. The number of carbonyl (C=O) groups excluding carboxylic acids is 1. The third-order valence-corrected chi connectivity index (χ3v) is 4.15. The topological polar surface area (TPSA) is 56.8 Å². The highest BCUT2D eigenvalue weighted by atomic mass is 79.9. The molecule has 0 aliphatic heterocycles. The maximum atomic E-state index is 12.0. The number of rotatable bonds is 7. The number of nitrogens with one attached hydrogen (secondary N) is 1. The molecular formula is C21H18BrNO4. The summed E-state index contributed by atoms with van der Waals surface area (Å²) >= 11 is 3.39. The molecule has 0 saturated heterocycles. The second-order valence-corrected chi connectivity index (χ2v) is 6.51. The van der Waals surface area contributed by atoms with Crippen molar-refractivity contribution >= 4 is 27.5 Å². The first-order valence-corrected chi connectivity index (χ1v) is 9.02. The molecule has 0 atom stereocenters. The Balaban J connectivity index is 1.49. The van der Waals surface area contributed by atoms with Gasteiger partial charge in [-0.05, 0) is 72.8 Å². The van der Waals surface area contributed by atoms with Crippen LogP contribution in [-0.4, -0.2) is 19.6 Å². The zero-order chi connectivity index (χ0) is 19.1. The molecule has 6 heteroatoms. The molecular weight excluding hydrogens is 410 g/mol. The number of ether oxygens (including phenoxy) is 3. The Bertz CT molecular complexity index is 878. The van der Waals surface area contributed by atoms with E-state index in [0.29, 0.717) is 17.2 Å². The molecule has 0 unspecified atom stereocenters. The van der Waals surface area contributed by atoms with Crippen molar-refractivity contribution in [2.24, 2.45) is 0 Å². The number of halogens is 1. The van der Waals surface area contributed by atoms with E-state index in [4.69, 9.17) is 14.2 Å². The van der Waals surface area contributed by atoms with E-state index >= 15 is 0 Å². The Kier molecular flexibility index (Phi) is 6.33. The van der Waals surface area contributed by atoms with E-state index < -0.39 is 0 Å². The minimum atomic E-state index is -0.243. The summed E-state index contributed by atoms with van der Waals surface area (Å²) in [6.45, 7) is -0.0799. The fraction of sp³-hybridized carbons (Fsp3) is 0.0952. The molecule has 0 heterocycles. The van der Waals surface area contributed by atoms with E-state index in [-0.39, 0.29) is 12.5 Å². The van der Waals surface area contributed by atoms with Crippen LogP contribution in [0, 0.1) is 0 Å². The van der Waals surface area contributed by atoms with Crippen LogP contribution in [0.5, 0.6) is 23.0 Å². The monoisotopic (exact) mass is 427 g/mol. The van der Waals surface area contributed by atoms with E-state index in [1.54, 1.807) is 55.6 Å². The molecule has 1 amide bonds. The molecule has 3 rings (SSSR count). The van der Waals surface area contributed by atoms with Crippen LogP contribution in [0.25, 0.3) is 0 Å². The molecule has 0 aliphatic rings. The van der Waals surface area contributed by atoms with Crippen LogP contribution in [0.3, 0.4) is 0 Å². The fourth-order valence-corrected chi connectivity index (χ4v) is 2.53. The van der Waals surface area contributed by atoms with Gasteiger partial charge < -0.3 is 19.5 Å². The van der Waals surface area contributed by atoms with Gasteiger partial charge in [-0.3, -0.25) is 4.79 Å². The number of amides is 1. The quantitative estimate of drug-likeness (QED) is 0.557. The third-order valence-electron chi connectivity index (χ3n) is 3.62. The lowest BCUT2D eigenvalue weighted by Crippen LogP contribution is -2.20. The van der Waals surface area contributed by atoms with E-state index in [9.17, 15) is 4.79 Å². The van der Waals surface area contributed by atoms with Crippen LogP contribution in [0.2, 0.25) is 0 Å². The van der Waals surface area contributed by atoms with Gasteiger partial charge in [0.25, 0.3) is 5.91 Å². The summed E-state index contributed by atoms with van der Waals surface area (Å²) in [5, 5.41) is 2.78. The van der Waals surface area contributed by atoms with Crippen LogP contribution in [0.4, 0.5) is 5.69 Å². The highest BCUT2D eigenvalue weighted by Crippen LogP contribution is 2.24. The minimum Gasteiger partial charge on any atom is -0.497 e. The van der Waals surface area contributed by atoms with Crippen LogP contribution >= 0.6 is 15.9 Å². The second kappa shape index (κ2) is 9.09. The summed E-state index contributed by atoms with van der Waals surface area (Å²) in [5.41, 5.74) is 0.668. The van der Waals surface area contributed by atoms with E-state index in [0.717, 1.165) is 16.0 Å². The summed E-state index contributed by atoms with van der Waals surface area (Å²) in [6, 6.07) is 21.8. The lowest BCUT2D eigenvalue weighted by molar-refractivity contribution is -0.118. The minimum absolute atomic E-state index is 0.0799. The first kappa shape index (κ1) is 18.8. The second-order valence-electron chi connectivity index (χ2n) is 5.59. The molecule has 0 saturated carbocycles. The summed E-state index contributed by atoms with van der Waals surface area (Å²) in [6.07, 6.45) is 0. The Morgan fingerprint density at radius 1 is 0.815 bits per heavy atom. The largest absolute Gasteiger partial charge is 0.497 e. The van der Waals surface area contributed by atoms with Gasteiger partial charge >= 0.3 is 0 Å².